The lowest BCUT2D eigenvalue weighted by Gasteiger charge is -2.21. The van der Waals surface area contributed by atoms with E-state index in [1.807, 2.05) is 12.1 Å². The van der Waals surface area contributed by atoms with Gasteiger partial charge in [0, 0.05) is 12.6 Å². The van der Waals surface area contributed by atoms with Crippen molar-refractivity contribution in [1.29, 1.82) is 0 Å². The highest BCUT2D eigenvalue weighted by Crippen LogP contribution is 2.20. The SMILES string of the molecule is CCC(CCO)CNC(CC)c1ccc(O)cc1. The summed E-state index contributed by atoms with van der Waals surface area (Å²) in [5.41, 5.74) is 1.20. The number of hydrogen-bond donors (Lipinski definition) is 3. The molecule has 0 aliphatic rings. The highest BCUT2D eigenvalue weighted by atomic mass is 16.3. The van der Waals surface area contributed by atoms with Crippen molar-refractivity contribution in [1.82, 2.24) is 5.32 Å². The summed E-state index contributed by atoms with van der Waals surface area (Å²) in [6.07, 6.45) is 2.95. The van der Waals surface area contributed by atoms with Crippen LogP contribution in [0.1, 0.15) is 44.7 Å². The van der Waals surface area contributed by atoms with E-state index in [1.165, 1.54) is 5.56 Å². The van der Waals surface area contributed by atoms with E-state index < -0.39 is 0 Å². The molecule has 102 valence electrons. The van der Waals surface area contributed by atoms with Crippen molar-refractivity contribution in [2.45, 2.75) is 39.2 Å². The van der Waals surface area contributed by atoms with E-state index in [1.54, 1.807) is 12.1 Å². The molecule has 0 aromatic heterocycles. The molecule has 2 atom stereocenters. The number of aliphatic hydroxyl groups excluding tert-OH is 1. The fourth-order valence-corrected chi connectivity index (χ4v) is 2.15. The van der Waals surface area contributed by atoms with Gasteiger partial charge in [-0.3, -0.25) is 0 Å². The first-order valence-corrected chi connectivity index (χ1v) is 6.84. The molecule has 1 aromatic rings. The van der Waals surface area contributed by atoms with Crippen LogP contribution in [0.4, 0.5) is 0 Å². The molecule has 1 rings (SSSR count). The van der Waals surface area contributed by atoms with Gasteiger partial charge in [0.05, 0.1) is 0 Å². The number of nitrogens with one attached hydrogen (secondary N) is 1. The third kappa shape index (κ3) is 4.67. The van der Waals surface area contributed by atoms with Crippen LogP contribution in [0.25, 0.3) is 0 Å². The molecular weight excluding hydrogens is 226 g/mol. The lowest BCUT2D eigenvalue weighted by Crippen LogP contribution is -2.27. The fourth-order valence-electron chi connectivity index (χ4n) is 2.15. The third-order valence-electron chi connectivity index (χ3n) is 3.47. The predicted octanol–water partition coefficient (Wildman–Crippen LogP) is 2.84. The maximum atomic E-state index is 9.29. The van der Waals surface area contributed by atoms with Crippen molar-refractivity contribution in [3.63, 3.8) is 0 Å². The van der Waals surface area contributed by atoms with Gasteiger partial charge in [0.2, 0.25) is 0 Å². The van der Waals surface area contributed by atoms with Crippen LogP contribution in [0.2, 0.25) is 0 Å². The van der Waals surface area contributed by atoms with E-state index in [0.717, 1.165) is 25.8 Å². The number of aliphatic hydroxyl groups is 1. The van der Waals surface area contributed by atoms with Gasteiger partial charge in [-0.1, -0.05) is 32.4 Å². The van der Waals surface area contributed by atoms with Gasteiger partial charge in [-0.25, -0.2) is 0 Å². The second-order valence-corrected chi connectivity index (χ2v) is 4.75. The van der Waals surface area contributed by atoms with Gasteiger partial charge >= 0.3 is 0 Å². The van der Waals surface area contributed by atoms with Gasteiger partial charge in [-0.15, -0.1) is 0 Å². The second kappa shape index (κ2) is 8.11. The molecule has 0 amide bonds. The molecule has 0 spiro atoms. The summed E-state index contributed by atoms with van der Waals surface area (Å²) in [5, 5.41) is 21.8. The van der Waals surface area contributed by atoms with Crippen molar-refractivity contribution in [3.8, 4) is 5.75 Å². The first kappa shape index (κ1) is 15.0. The third-order valence-corrected chi connectivity index (χ3v) is 3.47. The molecule has 0 fully saturated rings. The Morgan fingerprint density at radius 2 is 1.78 bits per heavy atom. The smallest absolute Gasteiger partial charge is 0.115 e. The summed E-state index contributed by atoms with van der Waals surface area (Å²) in [4.78, 5) is 0. The van der Waals surface area contributed by atoms with Gasteiger partial charge < -0.3 is 15.5 Å². The molecule has 0 saturated heterocycles. The maximum Gasteiger partial charge on any atom is 0.115 e. The van der Waals surface area contributed by atoms with Gasteiger partial charge in [0.15, 0.2) is 0 Å². The molecule has 0 radical (unpaired) electrons. The van der Waals surface area contributed by atoms with Crippen LogP contribution in [-0.2, 0) is 0 Å². The summed E-state index contributed by atoms with van der Waals surface area (Å²) < 4.78 is 0. The molecule has 3 nitrogen and oxygen atoms in total. The standard InChI is InChI=1S/C15H25NO2/c1-3-12(9-10-17)11-16-15(4-2)13-5-7-14(18)8-6-13/h5-8,12,15-18H,3-4,9-11H2,1-2H3. The van der Waals surface area contributed by atoms with Crippen molar-refractivity contribution >= 4 is 0 Å². The molecule has 3 heteroatoms. The summed E-state index contributed by atoms with van der Waals surface area (Å²) >= 11 is 0. The number of phenolic OH excluding ortho intramolecular Hbond substituents is 1. The minimum absolute atomic E-state index is 0.260. The van der Waals surface area contributed by atoms with Crippen LogP contribution in [-0.4, -0.2) is 23.4 Å². The molecule has 0 aliphatic carbocycles. The Bertz CT molecular complexity index is 324. The van der Waals surface area contributed by atoms with E-state index in [-0.39, 0.29) is 6.61 Å². The maximum absolute atomic E-state index is 9.29. The highest BCUT2D eigenvalue weighted by Gasteiger charge is 2.11. The average Bonchev–Trinajstić information content (AvgIpc) is 2.40. The Hall–Kier alpha value is -1.06. The first-order chi connectivity index (χ1) is 8.71. The minimum Gasteiger partial charge on any atom is -0.508 e. The Balaban J connectivity index is 2.53. The van der Waals surface area contributed by atoms with E-state index in [0.29, 0.717) is 17.7 Å². The van der Waals surface area contributed by atoms with Crippen LogP contribution in [0, 0.1) is 5.92 Å². The molecule has 0 bridgehead atoms. The Labute approximate surface area is 110 Å². The molecular formula is C15H25NO2. The van der Waals surface area contributed by atoms with Gasteiger partial charge in [-0.05, 0) is 43.0 Å². The zero-order valence-corrected chi connectivity index (χ0v) is 11.4. The van der Waals surface area contributed by atoms with Crippen molar-refractivity contribution in [3.05, 3.63) is 29.8 Å². The van der Waals surface area contributed by atoms with Crippen molar-refractivity contribution in [2.24, 2.45) is 5.92 Å². The topological polar surface area (TPSA) is 52.5 Å². The molecule has 18 heavy (non-hydrogen) atoms. The molecule has 0 heterocycles. The van der Waals surface area contributed by atoms with Gasteiger partial charge in [0.25, 0.3) is 0 Å². The number of aromatic hydroxyl groups is 1. The Morgan fingerprint density at radius 1 is 1.11 bits per heavy atom. The summed E-state index contributed by atoms with van der Waals surface area (Å²) in [6.45, 7) is 5.49. The normalized spacial score (nSPS) is 14.4. The summed E-state index contributed by atoms with van der Waals surface area (Å²) in [5.74, 6) is 0.835. The van der Waals surface area contributed by atoms with Gasteiger partial charge in [-0.2, -0.15) is 0 Å². The molecule has 3 N–H and O–H groups in total. The van der Waals surface area contributed by atoms with Crippen molar-refractivity contribution < 1.29 is 10.2 Å². The highest BCUT2D eigenvalue weighted by molar-refractivity contribution is 5.27. The molecule has 1 aromatic carbocycles. The van der Waals surface area contributed by atoms with E-state index in [4.69, 9.17) is 5.11 Å². The fraction of sp³-hybridized carbons (Fsp3) is 0.600. The van der Waals surface area contributed by atoms with Crippen molar-refractivity contribution in [2.75, 3.05) is 13.2 Å². The van der Waals surface area contributed by atoms with E-state index in [2.05, 4.69) is 19.2 Å². The van der Waals surface area contributed by atoms with E-state index in [9.17, 15) is 5.11 Å². The van der Waals surface area contributed by atoms with Crippen LogP contribution >= 0.6 is 0 Å². The van der Waals surface area contributed by atoms with Gasteiger partial charge in [0.1, 0.15) is 5.75 Å². The molecule has 0 saturated carbocycles. The quantitative estimate of drug-likeness (QED) is 0.666. The largest absolute Gasteiger partial charge is 0.508 e. The average molecular weight is 251 g/mol. The Kier molecular flexibility index (Phi) is 6.76. The monoisotopic (exact) mass is 251 g/mol. The van der Waals surface area contributed by atoms with E-state index >= 15 is 0 Å². The number of phenols is 1. The first-order valence-electron chi connectivity index (χ1n) is 6.84. The number of benzene rings is 1. The number of rotatable bonds is 8. The van der Waals surface area contributed by atoms with Crippen LogP contribution in [0.5, 0.6) is 5.75 Å². The summed E-state index contributed by atoms with van der Waals surface area (Å²) in [7, 11) is 0. The van der Waals surface area contributed by atoms with Crippen LogP contribution in [0.3, 0.4) is 0 Å². The summed E-state index contributed by atoms with van der Waals surface area (Å²) in [6, 6.07) is 7.70. The zero-order valence-electron chi connectivity index (χ0n) is 11.4. The van der Waals surface area contributed by atoms with Crippen LogP contribution < -0.4 is 5.32 Å². The molecule has 2 unspecified atom stereocenters. The van der Waals surface area contributed by atoms with Crippen LogP contribution in [0.15, 0.2) is 24.3 Å². The number of hydrogen-bond acceptors (Lipinski definition) is 3. The predicted molar refractivity (Wildman–Crippen MR) is 74.6 cm³/mol. The lowest BCUT2D eigenvalue weighted by atomic mass is 10.00. The molecule has 0 aliphatic heterocycles. The minimum atomic E-state index is 0.260. The Morgan fingerprint density at radius 3 is 2.28 bits per heavy atom. The second-order valence-electron chi connectivity index (χ2n) is 4.75. The lowest BCUT2D eigenvalue weighted by molar-refractivity contribution is 0.248. The zero-order chi connectivity index (χ0) is 13.4.